The molecule has 0 fully saturated rings. The van der Waals surface area contributed by atoms with Crippen LogP contribution in [0.5, 0.6) is 0 Å². The Hall–Kier alpha value is -2.29. The minimum absolute atomic E-state index is 0.0294. The van der Waals surface area contributed by atoms with Gasteiger partial charge in [0, 0.05) is 18.8 Å². The van der Waals surface area contributed by atoms with Crippen LogP contribution in [0.2, 0.25) is 0 Å². The highest BCUT2D eigenvalue weighted by Gasteiger charge is 2.25. The monoisotopic (exact) mass is 280 g/mol. The van der Waals surface area contributed by atoms with Crippen molar-refractivity contribution in [1.29, 1.82) is 0 Å². The Labute approximate surface area is 125 Å². The Morgan fingerprint density at radius 1 is 1.10 bits per heavy atom. The first-order valence-electron chi connectivity index (χ1n) is 7.49. The molecule has 1 atom stereocenters. The zero-order valence-corrected chi connectivity index (χ0v) is 12.0. The third kappa shape index (κ3) is 3.24. The Morgan fingerprint density at radius 3 is 2.71 bits per heavy atom. The summed E-state index contributed by atoms with van der Waals surface area (Å²) < 4.78 is 0. The minimum atomic E-state index is -0.0294. The molecule has 0 saturated carbocycles. The van der Waals surface area contributed by atoms with E-state index in [4.69, 9.17) is 0 Å². The second-order valence-corrected chi connectivity index (χ2v) is 5.38. The summed E-state index contributed by atoms with van der Waals surface area (Å²) >= 11 is 0. The largest absolute Gasteiger partial charge is 0.385 e. The van der Waals surface area contributed by atoms with Gasteiger partial charge in [0.1, 0.15) is 0 Å². The number of amides is 1. The number of anilines is 1. The normalized spacial score (nSPS) is 16.7. The van der Waals surface area contributed by atoms with Crippen molar-refractivity contribution in [3.63, 3.8) is 0 Å². The van der Waals surface area contributed by atoms with Crippen molar-refractivity contribution in [2.45, 2.75) is 18.8 Å². The van der Waals surface area contributed by atoms with Crippen LogP contribution < -0.4 is 10.6 Å². The van der Waals surface area contributed by atoms with Gasteiger partial charge in [-0.25, -0.2) is 0 Å². The van der Waals surface area contributed by atoms with E-state index in [1.54, 1.807) is 0 Å². The molecule has 21 heavy (non-hydrogen) atoms. The van der Waals surface area contributed by atoms with Crippen molar-refractivity contribution >= 4 is 11.6 Å². The number of hydrogen-bond donors (Lipinski definition) is 2. The standard InChI is InChI=1S/C18H20N2O/c21-18(20-12-10-14-6-2-1-3-7-14)16-11-13-19-17-9-5-4-8-15(16)17/h1-9,16,19H,10-13H2,(H,20,21). The number of fused-ring (bicyclic) bond motifs is 1. The first-order valence-corrected chi connectivity index (χ1v) is 7.49. The number of hydrogen-bond acceptors (Lipinski definition) is 2. The third-order valence-electron chi connectivity index (χ3n) is 3.96. The Bertz CT molecular complexity index is 610. The van der Waals surface area contributed by atoms with Crippen molar-refractivity contribution < 1.29 is 4.79 Å². The summed E-state index contributed by atoms with van der Waals surface area (Å²) in [6, 6.07) is 18.3. The van der Waals surface area contributed by atoms with Crippen LogP contribution in [-0.4, -0.2) is 19.0 Å². The molecule has 0 saturated heterocycles. The third-order valence-corrected chi connectivity index (χ3v) is 3.96. The topological polar surface area (TPSA) is 41.1 Å². The molecule has 0 aliphatic carbocycles. The molecule has 0 bridgehead atoms. The highest BCUT2D eigenvalue weighted by molar-refractivity contribution is 5.86. The van der Waals surface area contributed by atoms with E-state index >= 15 is 0 Å². The fourth-order valence-electron chi connectivity index (χ4n) is 2.84. The number of carbonyl (C=O) groups excluding carboxylic acids is 1. The lowest BCUT2D eigenvalue weighted by atomic mass is 9.90. The summed E-state index contributed by atoms with van der Waals surface area (Å²) in [7, 11) is 0. The molecule has 1 heterocycles. The number of rotatable bonds is 4. The second-order valence-electron chi connectivity index (χ2n) is 5.38. The lowest BCUT2D eigenvalue weighted by molar-refractivity contribution is -0.122. The molecule has 2 aromatic carbocycles. The second kappa shape index (κ2) is 6.44. The van der Waals surface area contributed by atoms with Crippen molar-refractivity contribution in [2.24, 2.45) is 0 Å². The van der Waals surface area contributed by atoms with Crippen LogP contribution >= 0.6 is 0 Å². The number of benzene rings is 2. The predicted octanol–water partition coefficient (Wildman–Crippen LogP) is 2.94. The van der Waals surface area contributed by atoms with Crippen molar-refractivity contribution in [3.05, 3.63) is 65.7 Å². The molecule has 1 unspecified atom stereocenters. The predicted molar refractivity (Wildman–Crippen MR) is 85.4 cm³/mol. The Kier molecular flexibility index (Phi) is 4.20. The first kappa shape index (κ1) is 13.7. The van der Waals surface area contributed by atoms with Crippen LogP contribution in [0.1, 0.15) is 23.5 Å². The van der Waals surface area contributed by atoms with Gasteiger partial charge in [-0.3, -0.25) is 4.79 Å². The molecular weight excluding hydrogens is 260 g/mol. The molecule has 2 N–H and O–H groups in total. The van der Waals surface area contributed by atoms with E-state index in [0.717, 1.165) is 30.6 Å². The van der Waals surface area contributed by atoms with Crippen LogP contribution in [0, 0.1) is 0 Å². The van der Waals surface area contributed by atoms with Gasteiger partial charge < -0.3 is 10.6 Å². The molecule has 3 rings (SSSR count). The summed E-state index contributed by atoms with van der Waals surface area (Å²) in [6.45, 7) is 1.54. The summed E-state index contributed by atoms with van der Waals surface area (Å²) in [5.41, 5.74) is 3.46. The Balaban J connectivity index is 1.59. The maximum absolute atomic E-state index is 12.4. The van der Waals surface area contributed by atoms with E-state index in [0.29, 0.717) is 6.54 Å². The van der Waals surface area contributed by atoms with Gasteiger partial charge in [0.2, 0.25) is 5.91 Å². The summed E-state index contributed by atoms with van der Waals surface area (Å²) in [5.74, 6) is 0.109. The fraction of sp³-hybridized carbons (Fsp3) is 0.278. The van der Waals surface area contributed by atoms with Crippen LogP contribution in [0.3, 0.4) is 0 Å². The van der Waals surface area contributed by atoms with Gasteiger partial charge in [0.25, 0.3) is 0 Å². The molecule has 0 spiro atoms. The first-order chi connectivity index (χ1) is 10.3. The molecule has 1 aliphatic rings. The van der Waals surface area contributed by atoms with E-state index in [9.17, 15) is 4.79 Å². The highest BCUT2D eigenvalue weighted by atomic mass is 16.1. The number of para-hydroxylation sites is 1. The SMILES string of the molecule is O=C(NCCc1ccccc1)C1CCNc2ccccc21. The molecule has 0 radical (unpaired) electrons. The van der Waals surface area contributed by atoms with Crippen molar-refractivity contribution in [2.75, 3.05) is 18.4 Å². The van der Waals surface area contributed by atoms with E-state index in [2.05, 4.69) is 22.8 Å². The summed E-state index contributed by atoms with van der Waals surface area (Å²) in [4.78, 5) is 12.4. The summed E-state index contributed by atoms with van der Waals surface area (Å²) in [6.07, 6.45) is 1.73. The van der Waals surface area contributed by atoms with E-state index in [1.165, 1.54) is 5.56 Å². The van der Waals surface area contributed by atoms with Crippen LogP contribution in [0.15, 0.2) is 54.6 Å². The van der Waals surface area contributed by atoms with Crippen molar-refractivity contribution in [1.82, 2.24) is 5.32 Å². The van der Waals surface area contributed by atoms with Gasteiger partial charge >= 0.3 is 0 Å². The van der Waals surface area contributed by atoms with Crippen LogP contribution in [0.4, 0.5) is 5.69 Å². The maximum Gasteiger partial charge on any atom is 0.227 e. The van der Waals surface area contributed by atoms with Crippen LogP contribution in [-0.2, 0) is 11.2 Å². The zero-order chi connectivity index (χ0) is 14.5. The molecule has 0 aromatic heterocycles. The highest BCUT2D eigenvalue weighted by Crippen LogP contribution is 2.31. The zero-order valence-electron chi connectivity index (χ0n) is 12.0. The molecule has 3 nitrogen and oxygen atoms in total. The van der Waals surface area contributed by atoms with Crippen LogP contribution in [0.25, 0.3) is 0 Å². The average Bonchev–Trinajstić information content (AvgIpc) is 2.55. The Morgan fingerprint density at radius 2 is 1.86 bits per heavy atom. The van der Waals surface area contributed by atoms with Crippen molar-refractivity contribution in [3.8, 4) is 0 Å². The lowest BCUT2D eigenvalue weighted by Crippen LogP contribution is -2.34. The smallest absolute Gasteiger partial charge is 0.227 e. The van der Waals surface area contributed by atoms with E-state index < -0.39 is 0 Å². The van der Waals surface area contributed by atoms with Gasteiger partial charge in [-0.15, -0.1) is 0 Å². The average molecular weight is 280 g/mol. The molecule has 1 amide bonds. The van der Waals surface area contributed by atoms with Gasteiger partial charge in [-0.1, -0.05) is 48.5 Å². The number of carbonyl (C=O) groups is 1. The summed E-state index contributed by atoms with van der Waals surface area (Å²) in [5, 5.41) is 6.42. The van der Waals surface area contributed by atoms with Gasteiger partial charge in [0.05, 0.1) is 5.92 Å². The molecule has 1 aliphatic heterocycles. The lowest BCUT2D eigenvalue weighted by Gasteiger charge is -2.25. The van der Waals surface area contributed by atoms with E-state index in [-0.39, 0.29) is 11.8 Å². The van der Waals surface area contributed by atoms with E-state index in [1.807, 2.05) is 42.5 Å². The molecule has 3 heteroatoms. The fourth-order valence-corrected chi connectivity index (χ4v) is 2.84. The van der Waals surface area contributed by atoms with Gasteiger partial charge in [-0.05, 0) is 30.0 Å². The minimum Gasteiger partial charge on any atom is -0.385 e. The molecule has 2 aromatic rings. The maximum atomic E-state index is 12.4. The van der Waals surface area contributed by atoms with Gasteiger partial charge in [-0.2, -0.15) is 0 Å². The number of nitrogens with one attached hydrogen (secondary N) is 2. The quantitative estimate of drug-likeness (QED) is 0.904. The molecular formula is C18H20N2O. The molecule has 108 valence electrons. The van der Waals surface area contributed by atoms with Gasteiger partial charge in [0.15, 0.2) is 0 Å².